The lowest BCUT2D eigenvalue weighted by Gasteiger charge is -2.28. The molecule has 0 fully saturated rings. The van der Waals surface area contributed by atoms with Gasteiger partial charge in [-0.15, -0.1) is 5.10 Å². The number of halogens is 1. The fourth-order valence-electron chi connectivity index (χ4n) is 4.73. The van der Waals surface area contributed by atoms with Crippen molar-refractivity contribution >= 4 is 41.3 Å². The van der Waals surface area contributed by atoms with Crippen molar-refractivity contribution in [2.75, 3.05) is 19.0 Å². The van der Waals surface area contributed by atoms with E-state index in [-0.39, 0.29) is 12.0 Å². The van der Waals surface area contributed by atoms with Crippen LogP contribution in [0.5, 0.6) is 0 Å². The maximum Gasteiger partial charge on any atom is 0.409 e. The van der Waals surface area contributed by atoms with Crippen LogP contribution in [-0.4, -0.2) is 62.7 Å². The number of methoxy groups -OCH3 is 1. The number of aromatic nitrogens is 4. The number of anilines is 1. The second-order valence-electron chi connectivity index (χ2n) is 9.66. The monoisotopic (exact) mass is 585 g/mol. The summed E-state index contributed by atoms with van der Waals surface area (Å²) in [6.45, 7) is 0.967. The number of hydrogen-bond donors (Lipinski definition) is 2. The first-order valence-electron chi connectivity index (χ1n) is 13.2. The fourth-order valence-corrected chi connectivity index (χ4v) is 4.91. The van der Waals surface area contributed by atoms with Crippen molar-refractivity contribution in [3.05, 3.63) is 106 Å². The van der Waals surface area contributed by atoms with Gasteiger partial charge in [-0.25, -0.2) is 4.79 Å². The number of nitrogens with zero attached hydrogens (tertiary/aromatic N) is 5. The molecule has 11 nitrogen and oxygen atoms in total. The number of carbonyl (C=O) groups is 3. The molecule has 0 bridgehead atoms. The molecule has 0 radical (unpaired) electrons. The Hall–Kier alpha value is -5.03. The number of nitrogens with one attached hydrogen (secondary N) is 2. The van der Waals surface area contributed by atoms with E-state index in [0.717, 1.165) is 16.7 Å². The molecule has 0 unspecified atom stereocenters. The Labute approximate surface area is 247 Å². The fraction of sp³-hybridized carbons (Fsp3) is 0.200. The summed E-state index contributed by atoms with van der Waals surface area (Å²) < 4.78 is 6.30. The van der Waals surface area contributed by atoms with Crippen molar-refractivity contribution in [2.45, 2.75) is 25.4 Å². The number of amides is 3. The Morgan fingerprint density at radius 2 is 1.90 bits per heavy atom. The van der Waals surface area contributed by atoms with E-state index in [4.69, 9.17) is 16.3 Å². The zero-order chi connectivity index (χ0) is 29.5. The number of benzene rings is 3. The van der Waals surface area contributed by atoms with E-state index in [2.05, 4.69) is 26.2 Å². The zero-order valence-electron chi connectivity index (χ0n) is 22.7. The molecule has 12 heteroatoms. The molecule has 0 aliphatic carbocycles. The summed E-state index contributed by atoms with van der Waals surface area (Å²) in [5.74, 6) is -0.813. The second-order valence-corrected chi connectivity index (χ2v) is 10.1. The van der Waals surface area contributed by atoms with Crippen LogP contribution in [0.4, 0.5) is 10.5 Å². The highest BCUT2D eigenvalue weighted by Crippen LogP contribution is 2.24. The highest BCUT2D eigenvalue weighted by molar-refractivity contribution is 6.30. The van der Waals surface area contributed by atoms with Crippen LogP contribution in [0.25, 0.3) is 11.8 Å². The van der Waals surface area contributed by atoms with Gasteiger partial charge in [0.15, 0.2) is 0 Å². The van der Waals surface area contributed by atoms with Gasteiger partial charge in [-0.3, -0.25) is 9.59 Å². The van der Waals surface area contributed by atoms with Gasteiger partial charge in [0.25, 0.3) is 0 Å². The molecule has 4 aromatic rings. The van der Waals surface area contributed by atoms with Crippen LogP contribution in [0.15, 0.2) is 79.1 Å². The molecule has 0 spiro atoms. The number of hydrogen-bond acceptors (Lipinski definition) is 7. The molecule has 1 aliphatic heterocycles. The Morgan fingerprint density at radius 3 is 2.67 bits per heavy atom. The minimum atomic E-state index is -0.853. The molecular weight excluding hydrogens is 558 g/mol. The highest BCUT2D eigenvalue weighted by atomic mass is 35.5. The predicted octanol–water partition coefficient (Wildman–Crippen LogP) is 3.82. The number of tetrazole rings is 1. The van der Waals surface area contributed by atoms with E-state index < -0.39 is 11.9 Å². The van der Waals surface area contributed by atoms with Gasteiger partial charge in [0.2, 0.25) is 11.8 Å². The Kier molecular flexibility index (Phi) is 8.88. The maximum atomic E-state index is 13.5. The van der Waals surface area contributed by atoms with Crippen LogP contribution >= 0.6 is 11.6 Å². The number of fused-ring (bicyclic) bond motifs is 1. The van der Waals surface area contributed by atoms with Gasteiger partial charge >= 0.3 is 6.09 Å². The molecule has 0 saturated heterocycles. The van der Waals surface area contributed by atoms with Crippen molar-refractivity contribution in [3.8, 4) is 5.69 Å². The molecule has 1 atom stereocenters. The molecule has 3 amide bonds. The molecule has 0 saturated carbocycles. The Morgan fingerprint density at radius 1 is 1.07 bits per heavy atom. The molecule has 5 rings (SSSR count). The normalized spacial score (nSPS) is 13.3. The smallest absolute Gasteiger partial charge is 0.409 e. The van der Waals surface area contributed by atoms with E-state index in [1.54, 1.807) is 35.2 Å². The van der Waals surface area contributed by atoms with E-state index in [0.29, 0.717) is 47.9 Å². The van der Waals surface area contributed by atoms with Crippen LogP contribution in [0, 0.1) is 0 Å². The number of rotatable bonds is 8. The minimum absolute atomic E-state index is 0.290. The van der Waals surface area contributed by atoms with Crippen LogP contribution in [-0.2, 0) is 33.7 Å². The summed E-state index contributed by atoms with van der Waals surface area (Å²) >= 11 is 6.19. The summed E-state index contributed by atoms with van der Waals surface area (Å²) in [6, 6.07) is 19.3. The lowest BCUT2D eigenvalue weighted by molar-refractivity contribution is -0.123. The van der Waals surface area contributed by atoms with E-state index in [9.17, 15) is 14.4 Å². The first-order chi connectivity index (χ1) is 20.4. The number of carbonyl (C=O) groups excluding carboxylic acids is 3. The van der Waals surface area contributed by atoms with E-state index >= 15 is 0 Å². The molecule has 1 aliphatic rings. The average molecular weight is 586 g/mol. The van der Waals surface area contributed by atoms with Gasteiger partial charge in [0.1, 0.15) is 12.4 Å². The van der Waals surface area contributed by atoms with Gasteiger partial charge in [-0.1, -0.05) is 48.0 Å². The van der Waals surface area contributed by atoms with Crippen LogP contribution in [0.3, 0.4) is 0 Å². The first kappa shape index (κ1) is 28.5. The molecule has 214 valence electrons. The zero-order valence-corrected chi connectivity index (χ0v) is 23.5. The maximum absolute atomic E-state index is 13.5. The van der Waals surface area contributed by atoms with E-state index in [1.165, 1.54) is 24.2 Å². The largest absolute Gasteiger partial charge is 0.453 e. The summed E-state index contributed by atoms with van der Waals surface area (Å²) in [5, 5.41) is 17.5. The van der Waals surface area contributed by atoms with Crippen molar-refractivity contribution in [2.24, 2.45) is 0 Å². The van der Waals surface area contributed by atoms with Gasteiger partial charge in [0.05, 0.1) is 12.8 Å². The molecule has 42 heavy (non-hydrogen) atoms. The van der Waals surface area contributed by atoms with Crippen molar-refractivity contribution in [1.29, 1.82) is 0 Å². The van der Waals surface area contributed by atoms with Gasteiger partial charge < -0.3 is 20.3 Å². The summed E-state index contributed by atoms with van der Waals surface area (Å²) in [4.78, 5) is 40.1. The summed E-state index contributed by atoms with van der Waals surface area (Å²) in [6.07, 6.45) is 4.94. The lowest BCUT2D eigenvalue weighted by Crippen LogP contribution is -2.44. The van der Waals surface area contributed by atoms with Crippen molar-refractivity contribution in [3.63, 3.8) is 0 Å². The topological polar surface area (TPSA) is 131 Å². The van der Waals surface area contributed by atoms with Crippen molar-refractivity contribution < 1.29 is 19.1 Å². The predicted molar refractivity (Wildman–Crippen MR) is 157 cm³/mol. The third-order valence-corrected chi connectivity index (χ3v) is 7.07. The minimum Gasteiger partial charge on any atom is -0.453 e. The lowest BCUT2D eigenvalue weighted by atomic mass is 9.99. The number of ether oxygens (including phenoxy) is 1. The SMILES string of the molecule is COC(=O)N1CCc2cc(NC(=O)[C@H](Cc3ccccc3)NC(=O)C=Cc3cc(Cl)ccc3-n3cnnn3)ccc2C1. The van der Waals surface area contributed by atoms with Gasteiger partial charge in [0, 0.05) is 41.9 Å². The molecular formula is C30H28ClN7O4. The van der Waals surface area contributed by atoms with Crippen LogP contribution in [0.2, 0.25) is 5.02 Å². The standard InChI is InChI=1S/C30H28ClN7O4/c1-42-30(41)37-14-13-21-17-25(10-7-23(21)18-37)33-29(40)26(15-20-5-3-2-4-6-20)34-28(39)12-8-22-16-24(31)9-11-27(22)38-19-32-35-36-38/h2-12,16-17,19,26H,13-15,18H2,1H3,(H,33,40)(H,34,39)/t26-/m0/s1. The van der Waals surface area contributed by atoms with Crippen LogP contribution < -0.4 is 10.6 Å². The summed E-state index contributed by atoms with van der Waals surface area (Å²) in [5.41, 5.74) is 4.79. The van der Waals surface area contributed by atoms with Crippen LogP contribution in [0.1, 0.15) is 22.3 Å². The Balaban J connectivity index is 1.31. The molecule has 3 aromatic carbocycles. The van der Waals surface area contributed by atoms with Gasteiger partial charge in [-0.2, -0.15) is 4.68 Å². The van der Waals surface area contributed by atoms with Gasteiger partial charge in [-0.05, 0) is 69.9 Å². The molecule has 2 heterocycles. The van der Waals surface area contributed by atoms with Crippen molar-refractivity contribution in [1.82, 2.24) is 30.4 Å². The quantitative estimate of drug-likeness (QED) is 0.301. The average Bonchev–Trinajstić information content (AvgIpc) is 3.54. The first-order valence-corrected chi connectivity index (χ1v) is 13.6. The third-order valence-electron chi connectivity index (χ3n) is 6.83. The molecule has 1 aromatic heterocycles. The third kappa shape index (κ3) is 6.99. The Bertz CT molecular complexity index is 1610. The van der Waals surface area contributed by atoms with E-state index in [1.807, 2.05) is 42.5 Å². The second kappa shape index (κ2) is 13.1. The summed E-state index contributed by atoms with van der Waals surface area (Å²) in [7, 11) is 1.36. The molecule has 2 N–H and O–H groups in total. The highest BCUT2D eigenvalue weighted by Gasteiger charge is 2.24.